The molecular weight excluding hydrogens is 240 g/mol. The number of likely N-dealkylation sites (N-methyl/N-ethyl adjacent to an activating group) is 1. The average molecular weight is 262 g/mol. The topological polar surface area (TPSA) is 43.8 Å². The van der Waals surface area contributed by atoms with Crippen molar-refractivity contribution in [1.29, 1.82) is 0 Å². The number of aliphatic hydroxyl groups excluding tert-OH is 1. The van der Waals surface area contributed by atoms with Gasteiger partial charge in [-0.1, -0.05) is 12.1 Å². The van der Waals surface area contributed by atoms with Crippen LogP contribution in [0.25, 0.3) is 0 Å². The van der Waals surface area contributed by atoms with Gasteiger partial charge in [0, 0.05) is 31.7 Å². The Labute approximate surface area is 114 Å². The molecule has 1 aromatic carbocycles. The largest absolute Gasteiger partial charge is 0.395 e. The molecule has 0 radical (unpaired) electrons. The van der Waals surface area contributed by atoms with Crippen LogP contribution in [-0.2, 0) is 6.54 Å². The Morgan fingerprint density at radius 2 is 1.89 bits per heavy atom. The number of aliphatic hydroxyl groups is 1. The van der Waals surface area contributed by atoms with Crippen LogP contribution in [0.1, 0.15) is 28.8 Å². The highest BCUT2D eigenvalue weighted by Crippen LogP contribution is 2.14. The molecule has 0 bridgehead atoms. The maximum Gasteiger partial charge on any atom is 0.253 e. The predicted octanol–water partition coefficient (Wildman–Crippen LogP) is 1.35. The zero-order chi connectivity index (χ0) is 13.7. The molecule has 0 aliphatic carbocycles. The number of hydrogen-bond acceptors (Lipinski definition) is 3. The quantitative estimate of drug-likeness (QED) is 0.871. The molecule has 104 valence electrons. The normalized spacial score (nSPS) is 15.2. The first-order valence-electron chi connectivity index (χ1n) is 6.88. The lowest BCUT2D eigenvalue weighted by atomic mass is 10.1. The van der Waals surface area contributed by atoms with Crippen molar-refractivity contribution >= 4 is 5.91 Å². The van der Waals surface area contributed by atoms with E-state index in [1.807, 2.05) is 36.2 Å². The fourth-order valence-corrected chi connectivity index (χ4v) is 2.42. The number of benzene rings is 1. The van der Waals surface area contributed by atoms with Gasteiger partial charge in [-0.3, -0.25) is 9.69 Å². The van der Waals surface area contributed by atoms with Gasteiger partial charge in [-0.15, -0.1) is 0 Å². The smallest absolute Gasteiger partial charge is 0.253 e. The Morgan fingerprint density at radius 1 is 1.26 bits per heavy atom. The van der Waals surface area contributed by atoms with Crippen LogP contribution in [0.2, 0.25) is 0 Å². The number of likely N-dealkylation sites (tertiary alicyclic amines) is 1. The Morgan fingerprint density at radius 3 is 2.47 bits per heavy atom. The molecule has 1 aliphatic rings. The second kappa shape index (κ2) is 6.68. The van der Waals surface area contributed by atoms with Crippen LogP contribution in [0, 0.1) is 0 Å². The molecule has 0 atom stereocenters. The van der Waals surface area contributed by atoms with Gasteiger partial charge in [-0.05, 0) is 37.6 Å². The maximum atomic E-state index is 12.2. The maximum absolute atomic E-state index is 12.2. The van der Waals surface area contributed by atoms with Crippen molar-refractivity contribution < 1.29 is 9.90 Å². The lowest BCUT2D eigenvalue weighted by molar-refractivity contribution is 0.0793. The zero-order valence-electron chi connectivity index (χ0n) is 11.5. The minimum Gasteiger partial charge on any atom is -0.395 e. The van der Waals surface area contributed by atoms with E-state index in [0.29, 0.717) is 6.54 Å². The van der Waals surface area contributed by atoms with Gasteiger partial charge in [0.1, 0.15) is 0 Å². The third-order valence-electron chi connectivity index (χ3n) is 3.53. The lowest BCUT2D eigenvalue weighted by Crippen LogP contribution is -2.27. The van der Waals surface area contributed by atoms with Crippen LogP contribution in [-0.4, -0.2) is 54.1 Å². The summed E-state index contributed by atoms with van der Waals surface area (Å²) >= 11 is 0. The van der Waals surface area contributed by atoms with E-state index in [2.05, 4.69) is 4.90 Å². The Hall–Kier alpha value is -1.39. The van der Waals surface area contributed by atoms with Gasteiger partial charge in [-0.25, -0.2) is 0 Å². The average Bonchev–Trinajstić information content (AvgIpc) is 2.93. The number of nitrogens with zero attached hydrogens (tertiary/aromatic N) is 2. The Kier molecular flexibility index (Phi) is 4.93. The highest BCUT2D eigenvalue weighted by Gasteiger charge is 2.19. The second-order valence-electron chi connectivity index (χ2n) is 5.16. The molecule has 1 heterocycles. The summed E-state index contributed by atoms with van der Waals surface area (Å²) in [5.74, 6) is 0.146. The Bertz CT molecular complexity index is 411. The van der Waals surface area contributed by atoms with Gasteiger partial charge >= 0.3 is 0 Å². The molecule has 1 amide bonds. The standard InChI is InChI=1S/C15H22N2O2/c1-16(10-11-18)12-13-4-6-14(7-5-13)15(19)17-8-2-3-9-17/h4-7,18H,2-3,8-12H2,1H3. The fraction of sp³-hybridized carbons (Fsp3) is 0.533. The predicted molar refractivity (Wildman–Crippen MR) is 75.0 cm³/mol. The highest BCUT2D eigenvalue weighted by molar-refractivity contribution is 5.94. The lowest BCUT2D eigenvalue weighted by Gasteiger charge is -2.17. The molecule has 0 unspecified atom stereocenters. The van der Waals surface area contributed by atoms with E-state index in [4.69, 9.17) is 5.11 Å². The second-order valence-corrected chi connectivity index (χ2v) is 5.16. The molecule has 1 saturated heterocycles. The summed E-state index contributed by atoms with van der Waals surface area (Å²) in [5.41, 5.74) is 1.93. The van der Waals surface area contributed by atoms with Crippen molar-refractivity contribution in [2.24, 2.45) is 0 Å². The van der Waals surface area contributed by atoms with Gasteiger partial charge < -0.3 is 10.0 Å². The minimum absolute atomic E-state index is 0.146. The summed E-state index contributed by atoms with van der Waals surface area (Å²) in [6.07, 6.45) is 2.24. The zero-order valence-corrected chi connectivity index (χ0v) is 11.5. The SMILES string of the molecule is CN(CCO)Cc1ccc(C(=O)N2CCCC2)cc1. The number of hydrogen-bond donors (Lipinski definition) is 1. The summed E-state index contributed by atoms with van der Waals surface area (Å²) in [4.78, 5) is 16.1. The van der Waals surface area contributed by atoms with E-state index >= 15 is 0 Å². The van der Waals surface area contributed by atoms with Crippen molar-refractivity contribution in [1.82, 2.24) is 9.80 Å². The Balaban J connectivity index is 1.95. The van der Waals surface area contributed by atoms with Crippen molar-refractivity contribution in [2.75, 3.05) is 33.3 Å². The van der Waals surface area contributed by atoms with Crippen LogP contribution in [0.3, 0.4) is 0 Å². The van der Waals surface area contributed by atoms with Crippen LogP contribution >= 0.6 is 0 Å². The van der Waals surface area contributed by atoms with E-state index in [1.165, 1.54) is 0 Å². The molecule has 4 nitrogen and oxygen atoms in total. The summed E-state index contributed by atoms with van der Waals surface area (Å²) < 4.78 is 0. The third kappa shape index (κ3) is 3.78. The minimum atomic E-state index is 0.146. The van der Waals surface area contributed by atoms with Crippen LogP contribution in [0.4, 0.5) is 0 Å². The molecule has 1 N–H and O–H groups in total. The highest BCUT2D eigenvalue weighted by atomic mass is 16.3. The number of carbonyl (C=O) groups is 1. The van der Waals surface area contributed by atoms with Gasteiger partial charge in [-0.2, -0.15) is 0 Å². The molecule has 1 fully saturated rings. The van der Waals surface area contributed by atoms with E-state index in [-0.39, 0.29) is 12.5 Å². The summed E-state index contributed by atoms with van der Waals surface area (Å²) in [6, 6.07) is 7.81. The first-order valence-corrected chi connectivity index (χ1v) is 6.88. The first-order chi connectivity index (χ1) is 9.20. The number of carbonyl (C=O) groups excluding carboxylic acids is 1. The van der Waals surface area contributed by atoms with Gasteiger partial charge in [0.05, 0.1) is 6.61 Å². The molecule has 0 spiro atoms. The first kappa shape index (κ1) is 14.0. The number of rotatable bonds is 5. The fourth-order valence-electron chi connectivity index (χ4n) is 2.42. The van der Waals surface area contributed by atoms with E-state index in [9.17, 15) is 4.79 Å². The van der Waals surface area contributed by atoms with Crippen LogP contribution in [0.5, 0.6) is 0 Å². The van der Waals surface area contributed by atoms with Gasteiger partial charge in [0.2, 0.25) is 0 Å². The summed E-state index contributed by atoms with van der Waals surface area (Å²) in [5, 5.41) is 8.86. The molecule has 0 saturated carbocycles. The summed E-state index contributed by atoms with van der Waals surface area (Å²) in [6.45, 7) is 3.40. The van der Waals surface area contributed by atoms with Crippen LogP contribution < -0.4 is 0 Å². The molecule has 19 heavy (non-hydrogen) atoms. The van der Waals surface area contributed by atoms with Crippen molar-refractivity contribution in [3.63, 3.8) is 0 Å². The molecule has 2 rings (SSSR count). The van der Waals surface area contributed by atoms with Crippen molar-refractivity contribution in [2.45, 2.75) is 19.4 Å². The van der Waals surface area contributed by atoms with Gasteiger partial charge in [0.25, 0.3) is 5.91 Å². The van der Waals surface area contributed by atoms with E-state index < -0.39 is 0 Å². The monoisotopic (exact) mass is 262 g/mol. The third-order valence-corrected chi connectivity index (χ3v) is 3.53. The van der Waals surface area contributed by atoms with Crippen LogP contribution in [0.15, 0.2) is 24.3 Å². The van der Waals surface area contributed by atoms with E-state index in [1.54, 1.807) is 0 Å². The van der Waals surface area contributed by atoms with E-state index in [0.717, 1.165) is 43.6 Å². The number of amides is 1. The molecule has 0 aromatic heterocycles. The summed E-state index contributed by atoms with van der Waals surface area (Å²) in [7, 11) is 1.97. The molecule has 1 aromatic rings. The molecular formula is C15H22N2O2. The van der Waals surface area contributed by atoms with Crippen molar-refractivity contribution in [3.8, 4) is 0 Å². The molecule has 1 aliphatic heterocycles. The van der Waals surface area contributed by atoms with Gasteiger partial charge in [0.15, 0.2) is 0 Å². The van der Waals surface area contributed by atoms with Crippen molar-refractivity contribution in [3.05, 3.63) is 35.4 Å². The molecule has 4 heteroatoms.